The van der Waals surface area contributed by atoms with Gasteiger partial charge in [-0.05, 0) is 59.9 Å². The molecule has 3 aromatic carbocycles. The van der Waals surface area contributed by atoms with Gasteiger partial charge >= 0.3 is 12.4 Å². The number of nitrogens with one attached hydrogen (secondary N) is 1. The van der Waals surface area contributed by atoms with Crippen LogP contribution in [0.15, 0.2) is 72.0 Å². The molecule has 46 heavy (non-hydrogen) atoms. The first-order valence-electron chi connectivity index (χ1n) is 14.0. The average molecular weight is 657 g/mol. The maximum absolute atomic E-state index is 15.0. The van der Waals surface area contributed by atoms with E-state index in [4.69, 9.17) is 4.74 Å². The third-order valence-corrected chi connectivity index (χ3v) is 7.80. The highest BCUT2D eigenvalue weighted by Crippen LogP contribution is 2.36. The predicted octanol–water partition coefficient (Wildman–Crippen LogP) is 6.49. The second kappa shape index (κ2) is 13.6. The zero-order valence-corrected chi connectivity index (χ0v) is 25.7. The molecule has 1 aliphatic rings. The molecule has 1 saturated heterocycles. The molecule has 1 aliphatic heterocycles. The van der Waals surface area contributed by atoms with Crippen molar-refractivity contribution in [2.75, 3.05) is 24.3 Å². The lowest BCUT2D eigenvalue weighted by molar-refractivity contribution is -0.274. The van der Waals surface area contributed by atoms with Gasteiger partial charge < -0.3 is 14.8 Å². The zero-order chi connectivity index (χ0) is 33.0. The number of carbonyl (C=O) groups is 2. The van der Waals surface area contributed by atoms with Crippen molar-refractivity contribution in [1.29, 1.82) is 0 Å². The van der Waals surface area contributed by atoms with Crippen LogP contribution < -0.4 is 19.7 Å². The monoisotopic (exact) mass is 656 g/mol. The van der Waals surface area contributed by atoms with Crippen molar-refractivity contribution in [1.82, 2.24) is 20.1 Å². The highest BCUT2D eigenvalue weighted by molar-refractivity contribution is 8.15. The van der Waals surface area contributed by atoms with E-state index in [2.05, 4.69) is 25.1 Å². The van der Waals surface area contributed by atoms with Gasteiger partial charge in [0.25, 0.3) is 0 Å². The van der Waals surface area contributed by atoms with E-state index in [0.29, 0.717) is 28.3 Å². The quantitative estimate of drug-likeness (QED) is 0.205. The summed E-state index contributed by atoms with van der Waals surface area (Å²) in [6.07, 6.45) is -3.28. The summed E-state index contributed by atoms with van der Waals surface area (Å²) in [6.45, 7) is 4.09. The molecule has 10 nitrogen and oxygen atoms in total. The van der Waals surface area contributed by atoms with E-state index in [1.807, 2.05) is 26.0 Å². The SMILES string of the molecule is COc1ccc(C(C)C)c(N2C(=O)CS/C2=N\C(=O)NCCc2ccc(-c3ncn(-c4ccc(OC(F)(F)F)cc4)n3)cc2F)c1. The fourth-order valence-electron chi connectivity index (χ4n) is 4.65. The second-order valence-electron chi connectivity index (χ2n) is 10.3. The molecule has 5 rings (SSSR count). The van der Waals surface area contributed by atoms with Gasteiger partial charge in [0.1, 0.15) is 23.6 Å². The molecule has 15 heteroatoms. The summed E-state index contributed by atoms with van der Waals surface area (Å²) in [5, 5.41) is 7.17. The van der Waals surface area contributed by atoms with Crippen molar-refractivity contribution >= 4 is 34.6 Å². The normalized spacial score (nSPS) is 14.3. The predicted molar refractivity (Wildman–Crippen MR) is 165 cm³/mol. The van der Waals surface area contributed by atoms with Gasteiger partial charge in [0.2, 0.25) is 5.91 Å². The number of amides is 3. The van der Waals surface area contributed by atoms with Crippen LogP contribution in [0.25, 0.3) is 17.1 Å². The van der Waals surface area contributed by atoms with Gasteiger partial charge in [0.05, 0.1) is 24.2 Å². The van der Waals surface area contributed by atoms with Gasteiger partial charge in [-0.25, -0.2) is 18.9 Å². The summed E-state index contributed by atoms with van der Waals surface area (Å²) in [7, 11) is 1.53. The van der Waals surface area contributed by atoms with E-state index in [9.17, 15) is 27.2 Å². The fourth-order valence-corrected chi connectivity index (χ4v) is 5.51. The van der Waals surface area contributed by atoms with Crippen LogP contribution in [0.3, 0.4) is 0 Å². The molecule has 0 radical (unpaired) electrons. The minimum atomic E-state index is -4.80. The highest BCUT2D eigenvalue weighted by Gasteiger charge is 2.33. The first-order chi connectivity index (χ1) is 21.9. The van der Waals surface area contributed by atoms with E-state index >= 15 is 0 Å². The van der Waals surface area contributed by atoms with Crippen molar-refractivity contribution < 1.29 is 36.6 Å². The lowest BCUT2D eigenvalue weighted by Crippen LogP contribution is -2.32. The van der Waals surface area contributed by atoms with Crippen molar-refractivity contribution in [3.8, 4) is 28.6 Å². The Morgan fingerprint density at radius 3 is 2.50 bits per heavy atom. The van der Waals surface area contributed by atoms with Crippen molar-refractivity contribution in [2.24, 2.45) is 4.99 Å². The molecule has 1 N–H and O–H groups in total. The van der Waals surface area contributed by atoms with Gasteiger partial charge in [-0.3, -0.25) is 9.69 Å². The summed E-state index contributed by atoms with van der Waals surface area (Å²) in [5.74, 6) is -0.111. The van der Waals surface area contributed by atoms with E-state index < -0.39 is 18.2 Å². The Kier molecular flexibility index (Phi) is 9.60. The molecular formula is C31H28F4N6O4S. The number of rotatable bonds is 9. The summed E-state index contributed by atoms with van der Waals surface area (Å²) >= 11 is 1.15. The molecule has 0 unspecified atom stereocenters. The summed E-state index contributed by atoms with van der Waals surface area (Å²) in [5.41, 5.74) is 2.65. The molecule has 1 aromatic heterocycles. The van der Waals surface area contributed by atoms with Crippen molar-refractivity contribution in [3.63, 3.8) is 0 Å². The maximum atomic E-state index is 15.0. The number of urea groups is 1. The number of aromatic nitrogens is 3. The second-order valence-corrected chi connectivity index (χ2v) is 11.3. The molecule has 0 bridgehead atoms. The maximum Gasteiger partial charge on any atom is 0.573 e. The van der Waals surface area contributed by atoms with Crippen LogP contribution in [0.4, 0.5) is 28.0 Å². The Morgan fingerprint density at radius 2 is 1.83 bits per heavy atom. The topological polar surface area (TPSA) is 111 Å². The molecule has 240 valence electrons. The minimum absolute atomic E-state index is 0.0851. The van der Waals surface area contributed by atoms with Crippen LogP contribution in [0, 0.1) is 5.82 Å². The average Bonchev–Trinajstić information content (AvgIpc) is 3.64. The number of hydrogen-bond donors (Lipinski definition) is 1. The third kappa shape index (κ3) is 7.65. The van der Waals surface area contributed by atoms with Gasteiger partial charge in [0.15, 0.2) is 11.0 Å². The minimum Gasteiger partial charge on any atom is -0.497 e. The number of alkyl halides is 3. The summed E-state index contributed by atoms with van der Waals surface area (Å²) in [6, 6.07) is 14.3. The van der Waals surface area contributed by atoms with E-state index in [1.165, 1.54) is 41.2 Å². The Hall–Kier alpha value is -4.92. The molecular weight excluding hydrogens is 628 g/mol. The number of hydrogen-bond acceptors (Lipinski definition) is 7. The Morgan fingerprint density at radius 1 is 1.09 bits per heavy atom. The molecule has 3 amide bonds. The first-order valence-corrected chi connectivity index (χ1v) is 15.0. The van der Waals surface area contributed by atoms with Crippen LogP contribution in [0.5, 0.6) is 11.5 Å². The Bertz CT molecular complexity index is 1780. The molecule has 0 saturated carbocycles. The number of ether oxygens (including phenoxy) is 2. The van der Waals surface area contributed by atoms with Gasteiger partial charge in [-0.2, -0.15) is 4.99 Å². The number of anilines is 1. The third-order valence-electron chi connectivity index (χ3n) is 6.87. The fraction of sp³-hybridized carbons (Fsp3) is 0.258. The molecule has 0 spiro atoms. The standard InChI is InChI=1S/C31H28F4N6O4S/c1-18(2)24-11-10-23(44-3)15-26(24)41-27(42)16-46-30(41)38-29(43)36-13-12-19-4-5-20(14-25(19)32)28-37-17-40(39-28)21-6-8-22(9-7-21)45-31(33,34)35/h4-11,14-15,17-18H,12-13,16H2,1-3H3,(H,36,43)/b38-30-. The van der Waals surface area contributed by atoms with Crippen molar-refractivity contribution in [2.45, 2.75) is 32.5 Å². The van der Waals surface area contributed by atoms with E-state index in [-0.39, 0.29) is 47.3 Å². The Balaban J connectivity index is 1.21. The van der Waals surface area contributed by atoms with Gasteiger partial charge in [-0.15, -0.1) is 18.3 Å². The number of thioether (sulfide) groups is 1. The van der Waals surface area contributed by atoms with Crippen LogP contribution in [-0.2, 0) is 11.2 Å². The van der Waals surface area contributed by atoms with Crippen LogP contribution in [-0.4, -0.2) is 57.6 Å². The zero-order valence-electron chi connectivity index (χ0n) is 24.8. The highest BCUT2D eigenvalue weighted by atomic mass is 32.2. The number of aliphatic imine (C=N–C) groups is 1. The molecule has 2 heterocycles. The van der Waals surface area contributed by atoms with E-state index in [1.54, 1.807) is 18.2 Å². The first kappa shape index (κ1) is 32.5. The van der Waals surface area contributed by atoms with Crippen LogP contribution in [0.2, 0.25) is 0 Å². The molecule has 0 atom stereocenters. The number of carbonyl (C=O) groups excluding carboxylic acids is 2. The Labute approximate surface area is 265 Å². The summed E-state index contributed by atoms with van der Waals surface area (Å²) in [4.78, 5) is 35.2. The molecule has 4 aromatic rings. The number of amidine groups is 1. The van der Waals surface area contributed by atoms with Crippen molar-refractivity contribution in [3.05, 3.63) is 83.9 Å². The number of halogens is 4. The van der Waals surface area contributed by atoms with Crippen LogP contribution >= 0.6 is 11.8 Å². The van der Waals surface area contributed by atoms with Gasteiger partial charge in [-0.1, -0.05) is 43.8 Å². The lowest BCUT2D eigenvalue weighted by Gasteiger charge is -2.22. The summed E-state index contributed by atoms with van der Waals surface area (Å²) < 4.78 is 62.7. The number of benzene rings is 3. The largest absolute Gasteiger partial charge is 0.573 e. The number of methoxy groups -OCH3 is 1. The van der Waals surface area contributed by atoms with E-state index in [0.717, 1.165) is 29.5 Å². The molecule has 1 fully saturated rings. The van der Waals surface area contributed by atoms with Crippen LogP contribution in [0.1, 0.15) is 30.9 Å². The van der Waals surface area contributed by atoms with Gasteiger partial charge in [0, 0.05) is 18.2 Å². The molecule has 0 aliphatic carbocycles. The lowest BCUT2D eigenvalue weighted by atomic mass is 10.00. The smallest absolute Gasteiger partial charge is 0.497 e. The number of nitrogens with zero attached hydrogens (tertiary/aromatic N) is 5.